The zero-order chi connectivity index (χ0) is 25.3. The molecule has 1 amide bonds. The molecule has 1 aromatic heterocycles. The lowest BCUT2D eigenvalue weighted by Crippen LogP contribution is -2.45. The van der Waals surface area contributed by atoms with Crippen LogP contribution in [0.2, 0.25) is 0 Å². The van der Waals surface area contributed by atoms with Gasteiger partial charge in [-0.3, -0.25) is 4.79 Å². The summed E-state index contributed by atoms with van der Waals surface area (Å²) in [6.07, 6.45) is 7.14. The molecule has 5 rings (SSSR count). The number of carbonyl (C=O) groups excluding carboxylic acids is 1. The number of likely N-dealkylation sites (tertiary alicyclic amines) is 2. The Hall–Kier alpha value is -3.12. The number of aryl methyl sites for hydroxylation is 1. The zero-order valence-corrected chi connectivity index (χ0v) is 22.4. The molecule has 188 valence electrons. The standard InChI is InChI=1S/C30H36N4OS/c1-22(2)24-11-8-9-23(3)27(24)31-29(36)34-20-15-30(21-34)13-18-33(19-14-30)28(35)25-10-4-5-12-26(25)32-16-6-7-17-32/h4-12,16-17,22H,13-15,18-21H2,1-3H3,(H,31,36). The van der Waals surface area contributed by atoms with Crippen LogP contribution in [0, 0.1) is 12.3 Å². The van der Waals surface area contributed by atoms with Crippen LogP contribution in [-0.4, -0.2) is 51.6 Å². The number of benzene rings is 2. The van der Waals surface area contributed by atoms with Crippen molar-refractivity contribution in [2.75, 3.05) is 31.5 Å². The van der Waals surface area contributed by atoms with Crippen molar-refractivity contribution < 1.29 is 4.79 Å². The first-order valence-corrected chi connectivity index (χ1v) is 13.4. The van der Waals surface area contributed by atoms with Crippen molar-refractivity contribution in [2.45, 2.75) is 46.0 Å². The second-order valence-electron chi connectivity index (χ2n) is 10.7. The van der Waals surface area contributed by atoms with Crippen molar-refractivity contribution in [1.82, 2.24) is 14.4 Å². The van der Waals surface area contributed by atoms with Gasteiger partial charge in [-0.15, -0.1) is 0 Å². The van der Waals surface area contributed by atoms with Crippen LogP contribution in [0.3, 0.4) is 0 Å². The maximum Gasteiger partial charge on any atom is 0.255 e. The quantitative estimate of drug-likeness (QED) is 0.431. The number of nitrogens with zero attached hydrogens (tertiary/aromatic N) is 3. The number of para-hydroxylation sites is 2. The molecule has 5 nitrogen and oxygen atoms in total. The third-order valence-corrected chi connectivity index (χ3v) is 8.37. The maximum atomic E-state index is 13.5. The highest BCUT2D eigenvalue weighted by Gasteiger charge is 2.42. The normalized spacial score (nSPS) is 17.1. The van der Waals surface area contributed by atoms with Crippen LogP contribution in [0.25, 0.3) is 5.69 Å². The van der Waals surface area contributed by atoms with Gasteiger partial charge in [0.1, 0.15) is 0 Å². The predicted molar refractivity (Wildman–Crippen MR) is 151 cm³/mol. The first kappa shape index (κ1) is 24.6. The van der Waals surface area contributed by atoms with Crippen molar-refractivity contribution in [3.05, 3.63) is 83.7 Å². The van der Waals surface area contributed by atoms with E-state index in [1.807, 2.05) is 58.3 Å². The fourth-order valence-corrected chi connectivity index (χ4v) is 6.03. The number of piperidine rings is 1. The molecule has 2 aliphatic rings. The predicted octanol–water partition coefficient (Wildman–Crippen LogP) is 6.23. The van der Waals surface area contributed by atoms with Gasteiger partial charge in [-0.05, 0) is 85.1 Å². The molecule has 2 aliphatic heterocycles. The van der Waals surface area contributed by atoms with E-state index in [-0.39, 0.29) is 11.3 Å². The van der Waals surface area contributed by atoms with Gasteiger partial charge in [-0.2, -0.15) is 0 Å². The second kappa shape index (κ2) is 10.1. The molecule has 0 atom stereocenters. The minimum Gasteiger partial charge on any atom is -0.348 e. The molecule has 1 spiro atoms. The number of aromatic nitrogens is 1. The van der Waals surface area contributed by atoms with E-state index in [9.17, 15) is 4.79 Å². The molecule has 2 fully saturated rings. The van der Waals surface area contributed by atoms with Crippen molar-refractivity contribution in [1.29, 1.82) is 0 Å². The number of carbonyl (C=O) groups is 1. The summed E-state index contributed by atoms with van der Waals surface area (Å²) in [5, 5.41) is 4.40. The van der Waals surface area contributed by atoms with Crippen molar-refractivity contribution >= 4 is 28.9 Å². The highest BCUT2D eigenvalue weighted by Crippen LogP contribution is 2.41. The Morgan fingerprint density at radius 1 is 0.917 bits per heavy atom. The monoisotopic (exact) mass is 500 g/mol. The molecule has 2 aromatic carbocycles. The van der Waals surface area contributed by atoms with E-state index < -0.39 is 0 Å². The number of hydrogen-bond acceptors (Lipinski definition) is 2. The van der Waals surface area contributed by atoms with Gasteiger partial charge in [0.15, 0.2) is 5.11 Å². The molecule has 0 aliphatic carbocycles. The summed E-state index contributed by atoms with van der Waals surface area (Å²) in [4.78, 5) is 17.9. The van der Waals surface area contributed by atoms with Crippen molar-refractivity contribution in [3.8, 4) is 5.69 Å². The Balaban J connectivity index is 1.23. The van der Waals surface area contributed by atoms with Crippen LogP contribution >= 0.6 is 12.2 Å². The van der Waals surface area contributed by atoms with Gasteiger partial charge in [-0.25, -0.2) is 0 Å². The Bertz CT molecular complexity index is 1240. The number of anilines is 1. The van der Waals surface area contributed by atoms with Crippen LogP contribution in [-0.2, 0) is 0 Å². The van der Waals surface area contributed by atoms with E-state index in [0.29, 0.717) is 5.92 Å². The molecule has 3 heterocycles. The molecule has 0 unspecified atom stereocenters. The summed E-state index contributed by atoms with van der Waals surface area (Å²) in [6.45, 7) is 10.1. The molecule has 3 aromatic rings. The molecule has 0 bridgehead atoms. The summed E-state index contributed by atoms with van der Waals surface area (Å²) >= 11 is 5.88. The Labute approximate surface area is 220 Å². The molecule has 6 heteroatoms. The summed E-state index contributed by atoms with van der Waals surface area (Å²) in [6, 6.07) is 18.3. The molecular weight excluding hydrogens is 464 g/mol. The summed E-state index contributed by atoms with van der Waals surface area (Å²) < 4.78 is 2.01. The topological polar surface area (TPSA) is 40.5 Å². The summed E-state index contributed by atoms with van der Waals surface area (Å²) in [5.74, 6) is 0.562. The fraction of sp³-hybridized carbons (Fsp3) is 0.400. The molecule has 1 N–H and O–H groups in total. The van der Waals surface area contributed by atoms with Crippen LogP contribution in [0.15, 0.2) is 67.0 Å². The average Bonchev–Trinajstić information content (AvgIpc) is 3.56. The lowest BCUT2D eigenvalue weighted by atomic mass is 9.77. The van der Waals surface area contributed by atoms with Crippen LogP contribution in [0.1, 0.15) is 60.5 Å². The third kappa shape index (κ3) is 4.79. The van der Waals surface area contributed by atoms with Crippen LogP contribution < -0.4 is 5.32 Å². The number of rotatable bonds is 4. The number of hydrogen-bond donors (Lipinski definition) is 1. The van der Waals surface area contributed by atoms with E-state index in [2.05, 4.69) is 49.2 Å². The van der Waals surface area contributed by atoms with Gasteiger partial charge in [0.05, 0.1) is 11.3 Å². The average molecular weight is 501 g/mol. The molecule has 36 heavy (non-hydrogen) atoms. The second-order valence-corrected chi connectivity index (χ2v) is 11.1. The molecule has 0 radical (unpaired) electrons. The first-order chi connectivity index (χ1) is 17.4. The Morgan fingerprint density at radius 3 is 2.28 bits per heavy atom. The van der Waals surface area contributed by atoms with Gasteiger partial charge in [0.2, 0.25) is 0 Å². The minimum absolute atomic E-state index is 0.127. The van der Waals surface area contributed by atoms with E-state index >= 15 is 0 Å². The zero-order valence-electron chi connectivity index (χ0n) is 21.5. The van der Waals surface area contributed by atoms with Crippen LogP contribution in [0.4, 0.5) is 5.69 Å². The SMILES string of the molecule is Cc1cccc(C(C)C)c1NC(=S)N1CCC2(CCN(C(=O)c3ccccc3-n3cccc3)CC2)C1. The van der Waals surface area contributed by atoms with Gasteiger partial charge in [-0.1, -0.05) is 44.2 Å². The molecule has 2 saturated heterocycles. The van der Waals surface area contributed by atoms with E-state index in [1.165, 1.54) is 11.1 Å². The van der Waals surface area contributed by atoms with Gasteiger partial charge >= 0.3 is 0 Å². The highest BCUT2D eigenvalue weighted by atomic mass is 32.1. The third-order valence-electron chi connectivity index (χ3n) is 8.01. The van der Waals surface area contributed by atoms with Gasteiger partial charge in [0.25, 0.3) is 5.91 Å². The van der Waals surface area contributed by atoms with Crippen LogP contribution in [0.5, 0.6) is 0 Å². The lowest BCUT2D eigenvalue weighted by Gasteiger charge is -2.39. The highest BCUT2D eigenvalue weighted by molar-refractivity contribution is 7.80. The van der Waals surface area contributed by atoms with Gasteiger partial charge < -0.3 is 19.7 Å². The number of amides is 1. The largest absolute Gasteiger partial charge is 0.348 e. The summed E-state index contributed by atoms with van der Waals surface area (Å²) in [7, 11) is 0. The van der Waals surface area contributed by atoms with E-state index in [0.717, 1.165) is 67.5 Å². The first-order valence-electron chi connectivity index (χ1n) is 13.0. The number of thiocarbonyl (C=S) groups is 1. The van der Waals surface area contributed by atoms with E-state index in [1.54, 1.807) is 0 Å². The van der Waals surface area contributed by atoms with Crippen molar-refractivity contribution in [2.24, 2.45) is 5.41 Å². The Morgan fingerprint density at radius 2 is 1.58 bits per heavy atom. The molecular formula is C30H36N4OS. The Kier molecular flexibility index (Phi) is 6.89. The fourth-order valence-electron chi connectivity index (χ4n) is 5.77. The molecule has 0 saturated carbocycles. The van der Waals surface area contributed by atoms with E-state index in [4.69, 9.17) is 12.2 Å². The summed E-state index contributed by atoms with van der Waals surface area (Å²) in [5.41, 5.74) is 5.62. The van der Waals surface area contributed by atoms with Crippen molar-refractivity contribution in [3.63, 3.8) is 0 Å². The number of nitrogens with one attached hydrogen (secondary N) is 1. The smallest absolute Gasteiger partial charge is 0.255 e. The minimum atomic E-state index is 0.127. The maximum absolute atomic E-state index is 13.5. The lowest BCUT2D eigenvalue weighted by molar-refractivity contribution is 0.0599. The van der Waals surface area contributed by atoms with Gasteiger partial charge in [0, 0.05) is 44.3 Å².